The number of nitrogens with one attached hydrogen (secondary N) is 1. The molecule has 2 aromatic carbocycles. The number of hydrogen-bond acceptors (Lipinski definition) is 3. The van der Waals surface area contributed by atoms with Crippen molar-refractivity contribution in [2.24, 2.45) is 0 Å². The highest BCUT2D eigenvalue weighted by atomic mass is 16.5. The highest BCUT2D eigenvalue weighted by molar-refractivity contribution is 5.93. The molecule has 3 rings (SSSR count). The molecule has 24 heavy (non-hydrogen) atoms. The van der Waals surface area contributed by atoms with Crippen LogP contribution < -0.4 is 10.5 Å². The molecular weight excluding hydrogens is 304 g/mol. The molecule has 1 amide bonds. The van der Waals surface area contributed by atoms with E-state index in [1.54, 1.807) is 12.1 Å². The zero-order valence-corrected chi connectivity index (χ0v) is 13.6. The van der Waals surface area contributed by atoms with Crippen LogP contribution in [0.5, 0.6) is 0 Å². The van der Waals surface area contributed by atoms with E-state index >= 15 is 0 Å². The molecule has 5 nitrogen and oxygen atoms in total. The zero-order valence-electron chi connectivity index (χ0n) is 13.6. The van der Waals surface area contributed by atoms with Crippen molar-refractivity contribution in [2.45, 2.75) is 6.10 Å². The van der Waals surface area contributed by atoms with Crippen LogP contribution in [0.15, 0.2) is 60.7 Å². The van der Waals surface area contributed by atoms with Gasteiger partial charge in [0.05, 0.1) is 19.8 Å². The van der Waals surface area contributed by atoms with E-state index in [1.165, 1.54) is 0 Å². The Morgan fingerprint density at radius 2 is 1.62 bits per heavy atom. The number of carbonyl (C=O) groups is 1. The van der Waals surface area contributed by atoms with E-state index in [-0.39, 0.29) is 10.5 Å². The Morgan fingerprint density at radius 1 is 1.04 bits per heavy atom. The Kier molecular flexibility index (Phi) is 5.25. The first-order valence-electron chi connectivity index (χ1n) is 8.21. The number of rotatable bonds is 5. The van der Waals surface area contributed by atoms with Gasteiger partial charge in [0.2, 0.25) is 0 Å². The lowest BCUT2D eigenvalue weighted by Crippen LogP contribution is -2.66. The van der Waals surface area contributed by atoms with Gasteiger partial charge >= 0.3 is 0 Å². The lowest BCUT2D eigenvalue weighted by Gasteiger charge is -2.43. The van der Waals surface area contributed by atoms with Crippen LogP contribution >= 0.6 is 0 Å². The maximum absolute atomic E-state index is 12.7. The maximum atomic E-state index is 12.7. The second-order valence-electron chi connectivity index (χ2n) is 6.09. The molecule has 0 aliphatic carbocycles. The van der Waals surface area contributed by atoms with Gasteiger partial charge < -0.3 is 9.84 Å². The first kappa shape index (κ1) is 16.6. The fourth-order valence-electron chi connectivity index (χ4n) is 2.99. The van der Waals surface area contributed by atoms with Gasteiger partial charge in [-0.05, 0) is 18.2 Å². The summed E-state index contributed by atoms with van der Waals surface area (Å²) in [5.74, 6) is -0.155. The number of benzene rings is 2. The first-order valence-corrected chi connectivity index (χ1v) is 8.21. The average molecular weight is 326 g/mol. The second-order valence-corrected chi connectivity index (χ2v) is 6.09. The van der Waals surface area contributed by atoms with Crippen molar-refractivity contribution < 1.29 is 19.2 Å². The third-order valence-electron chi connectivity index (χ3n) is 4.39. The molecule has 1 unspecified atom stereocenters. The summed E-state index contributed by atoms with van der Waals surface area (Å²) in [7, 11) is 0. The van der Waals surface area contributed by atoms with E-state index in [4.69, 9.17) is 4.74 Å². The molecule has 0 saturated carbocycles. The average Bonchev–Trinajstić information content (AvgIpc) is 2.64. The van der Waals surface area contributed by atoms with Gasteiger partial charge in [0, 0.05) is 5.56 Å². The minimum atomic E-state index is -0.889. The Morgan fingerprint density at radius 3 is 2.25 bits per heavy atom. The number of hydrogen-bond donors (Lipinski definition) is 1. The van der Waals surface area contributed by atoms with Gasteiger partial charge in [-0.1, -0.05) is 54.1 Å². The van der Waals surface area contributed by atoms with E-state index in [9.17, 15) is 9.90 Å². The molecule has 1 N–H and O–H groups in total. The predicted molar refractivity (Wildman–Crippen MR) is 88.8 cm³/mol. The van der Waals surface area contributed by atoms with Crippen LogP contribution in [0, 0.1) is 0 Å². The van der Waals surface area contributed by atoms with E-state index in [0.717, 1.165) is 5.56 Å². The largest absolute Gasteiger partial charge is 0.844 e. The van der Waals surface area contributed by atoms with Gasteiger partial charge in [-0.25, -0.2) is 4.59 Å². The van der Waals surface area contributed by atoms with Crippen LogP contribution in [-0.4, -0.2) is 43.3 Å². The van der Waals surface area contributed by atoms with Crippen molar-refractivity contribution in [3.8, 4) is 0 Å². The zero-order chi connectivity index (χ0) is 16.8. The Labute approximate surface area is 142 Å². The van der Waals surface area contributed by atoms with Gasteiger partial charge in [-0.3, -0.25) is 4.79 Å². The van der Waals surface area contributed by atoms with Gasteiger partial charge in [0.1, 0.15) is 13.1 Å². The molecular formula is C19H22N2O3. The molecule has 1 aliphatic heterocycles. The molecule has 5 heteroatoms. The maximum Gasteiger partial charge on any atom is 0.295 e. The summed E-state index contributed by atoms with van der Waals surface area (Å²) in [6.07, 6.45) is -0.889. The van der Waals surface area contributed by atoms with Crippen LogP contribution in [0.4, 0.5) is 0 Å². The quantitative estimate of drug-likeness (QED) is 0.842. The Bertz CT molecular complexity index is 655. The molecule has 0 spiro atoms. The summed E-state index contributed by atoms with van der Waals surface area (Å²) in [6, 6.07) is 18.4. The molecule has 1 aliphatic rings. The molecule has 1 heterocycles. The molecule has 0 aromatic heterocycles. The van der Waals surface area contributed by atoms with Crippen molar-refractivity contribution in [1.82, 2.24) is 5.43 Å². The summed E-state index contributed by atoms with van der Waals surface area (Å²) < 4.78 is 5.69. The van der Waals surface area contributed by atoms with E-state index in [2.05, 4.69) is 5.43 Å². The van der Waals surface area contributed by atoms with Crippen molar-refractivity contribution in [3.63, 3.8) is 0 Å². The summed E-state index contributed by atoms with van der Waals surface area (Å²) in [5, 5.41) is 12.7. The number of morpholine rings is 1. The second kappa shape index (κ2) is 7.57. The topological polar surface area (TPSA) is 61.4 Å². The molecule has 0 radical (unpaired) electrons. The van der Waals surface area contributed by atoms with Gasteiger partial charge in [-0.15, -0.1) is 0 Å². The Balaban J connectivity index is 1.76. The van der Waals surface area contributed by atoms with E-state index in [0.29, 0.717) is 38.4 Å². The summed E-state index contributed by atoms with van der Waals surface area (Å²) in [5.41, 5.74) is 4.41. The van der Waals surface area contributed by atoms with E-state index < -0.39 is 6.10 Å². The van der Waals surface area contributed by atoms with E-state index in [1.807, 2.05) is 48.5 Å². The first-order chi connectivity index (χ1) is 11.7. The molecule has 2 aromatic rings. The standard InChI is InChI=1S/C19H22N2O3/c22-18(16-7-3-1-4-8-16)15-21(11-13-24-14-12-21)20-19(23)17-9-5-2-6-10-17/h1-10,18H,11-15H2,(H,20,23). The summed E-state index contributed by atoms with van der Waals surface area (Å²) in [4.78, 5) is 12.6. The number of quaternary nitrogens is 1. The summed E-state index contributed by atoms with van der Waals surface area (Å²) >= 11 is 0. The summed E-state index contributed by atoms with van der Waals surface area (Å²) in [6.45, 7) is 2.59. The van der Waals surface area contributed by atoms with Crippen LogP contribution in [0.3, 0.4) is 0 Å². The van der Waals surface area contributed by atoms with Gasteiger partial charge in [0.25, 0.3) is 5.91 Å². The number of nitrogens with zero attached hydrogens (tertiary/aromatic N) is 1. The van der Waals surface area contributed by atoms with Gasteiger partial charge in [-0.2, -0.15) is 5.43 Å². The predicted octanol–water partition coefficient (Wildman–Crippen LogP) is 1.28. The molecule has 0 bridgehead atoms. The monoisotopic (exact) mass is 326 g/mol. The lowest BCUT2D eigenvalue weighted by molar-refractivity contribution is -0.974. The third kappa shape index (κ3) is 4.00. The van der Waals surface area contributed by atoms with Crippen molar-refractivity contribution >= 4 is 5.91 Å². The molecule has 1 saturated heterocycles. The van der Waals surface area contributed by atoms with Crippen LogP contribution in [0.2, 0.25) is 0 Å². The fraction of sp³-hybridized carbons (Fsp3) is 0.316. The highest BCUT2D eigenvalue weighted by Crippen LogP contribution is 2.17. The van der Waals surface area contributed by atoms with Crippen molar-refractivity contribution in [1.29, 1.82) is 0 Å². The van der Waals surface area contributed by atoms with Crippen molar-refractivity contribution in [2.75, 3.05) is 32.8 Å². The minimum absolute atomic E-state index is 0.155. The highest BCUT2D eigenvalue weighted by Gasteiger charge is 2.34. The Hall–Kier alpha value is -2.21. The molecule has 1 fully saturated rings. The van der Waals surface area contributed by atoms with Crippen LogP contribution in [0.1, 0.15) is 22.0 Å². The third-order valence-corrected chi connectivity index (χ3v) is 4.39. The number of carbonyl (C=O) groups excluding carboxylic acids is 1. The van der Waals surface area contributed by atoms with Crippen LogP contribution in [0.25, 0.3) is 0 Å². The molecule has 1 atom stereocenters. The fourth-order valence-corrected chi connectivity index (χ4v) is 2.99. The van der Waals surface area contributed by atoms with Crippen molar-refractivity contribution in [3.05, 3.63) is 71.8 Å². The normalized spacial score (nSPS) is 17.9. The van der Waals surface area contributed by atoms with Gasteiger partial charge in [0.15, 0.2) is 0 Å². The molecule has 126 valence electrons. The minimum Gasteiger partial charge on any atom is -0.844 e. The number of amides is 1. The lowest BCUT2D eigenvalue weighted by atomic mass is 10.1. The smallest absolute Gasteiger partial charge is 0.295 e. The van der Waals surface area contributed by atoms with Crippen LogP contribution in [-0.2, 0) is 4.74 Å². The number of ether oxygens (including phenoxy) is 1. The SMILES string of the molecule is O=C(N[N+]1(CC([O-])c2ccccc2)CCOCC1)c1ccccc1.